The van der Waals surface area contributed by atoms with Crippen molar-refractivity contribution >= 4 is 11.3 Å². The maximum absolute atomic E-state index is 8.78. The Hall–Kier alpha value is -0.420. The third-order valence-corrected chi connectivity index (χ3v) is 3.92. The van der Waals surface area contributed by atoms with Gasteiger partial charge in [-0.2, -0.15) is 0 Å². The predicted octanol–water partition coefficient (Wildman–Crippen LogP) is 1.25. The van der Waals surface area contributed by atoms with E-state index in [-0.39, 0.29) is 0 Å². The minimum Gasteiger partial charge on any atom is -0.396 e. The zero-order chi connectivity index (χ0) is 11.2. The number of hydrogen-bond acceptors (Lipinski definition) is 4. The Balaban J connectivity index is 1.69. The SMILES string of the molecule is OCCCN1CCN(Cc2cccs2)CC1. The van der Waals surface area contributed by atoms with E-state index < -0.39 is 0 Å². The van der Waals surface area contributed by atoms with Gasteiger partial charge in [0.25, 0.3) is 0 Å². The van der Waals surface area contributed by atoms with E-state index in [1.807, 2.05) is 11.3 Å². The third kappa shape index (κ3) is 3.56. The van der Waals surface area contributed by atoms with Crippen LogP contribution in [0.15, 0.2) is 17.5 Å². The van der Waals surface area contributed by atoms with Crippen molar-refractivity contribution in [2.45, 2.75) is 13.0 Å². The molecule has 1 aromatic heterocycles. The fourth-order valence-corrected chi connectivity index (χ4v) is 2.83. The molecule has 0 aromatic carbocycles. The van der Waals surface area contributed by atoms with Crippen LogP contribution in [0.1, 0.15) is 11.3 Å². The van der Waals surface area contributed by atoms with E-state index in [1.165, 1.54) is 4.88 Å². The molecule has 0 spiro atoms. The Morgan fingerprint density at radius 1 is 1.19 bits per heavy atom. The van der Waals surface area contributed by atoms with Crippen molar-refractivity contribution in [2.24, 2.45) is 0 Å². The molecule has 0 amide bonds. The quantitative estimate of drug-likeness (QED) is 0.839. The summed E-state index contributed by atoms with van der Waals surface area (Å²) in [6, 6.07) is 4.33. The minimum atomic E-state index is 0.315. The van der Waals surface area contributed by atoms with Crippen molar-refractivity contribution in [3.8, 4) is 0 Å². The van der Waals surface area contributed by atoms with Crippen LogP contribution in [0, 0.1) is 0 Å². The molecule has 1 fully saturated rings. The van der Waals surface area contributed by atoms with Crippen LogP contribution in [0.3, 0.4) is 0 Å². The minimum absolute atomic E-state index is 0.315. The van der Waals surface area contributed by atoms with Crippen molar-refractivity contribution in [2.75, 3.05) is 39.3 Å². The Bertz CT molecular complexity index is 281. The Morgan fingerprint density at radius 3 is 2.56 bits per heavy atom. The summed E-state index contributed by atoms with van der Waals surface area (Å²) in [6.45, 7) is 7.06. The molecule has 0 bridgehead atoms. The molecule has 16 heavy (non-hydrogen) atoms. The number of piperazine rings is 1. The molecule has 0 saturated carbocycles. The molecule has 3 nitrogen and oxygen atoms in total. The fraction of sp³-hybridized carbons (Fsp3) is 0.667. The number of aliphatic hydroxyl groups excluding tert-OH is 1. The molecule has 4 heteroatoms. The van der Waals surface area contributed by atoms with Gasteiger partial charge in [-0.15, -0.1) is 11.3 Å². The molecule has 0 unspecified atom stereocenters. The highest BCUT2D eigenvalue weighted by molar-refractivity contribution is 7.09. The molecule has 1 aliphatic heterocycles. The van der Waals surface area contributed by atoms with Crippen LogP contribution in [0.5, 0.6) is 0 Å². The summed E-state index contributed by atoms with van der Waals surface area (Å²) in [5.41, 5.74) is 0. The zero-order valence-corrected chi connectivity index (χ0v) is 10.5. The standard InChI is InChI=1S/C12H20N2OS/c15-9-2-4-13-5-7-14(8-6-13)11-12-3-1-10-16-12/h1,3,10,15H,2,4-9,11H2. The normalized spacial score (nSPS) is 19.1. The molecule has 2 heterocycles. The number of nitrogens with zero attached hydrogens (tertiary/aromatic N) is 2. The van der Waals surface area contributed by atoms with Gasteiger partial charge in [-0.05, 0) is 17.9 Å². The van der Waals surface area contributed by atoms with Crippen LogP contribution in [0.4, 0.5) is 0 Å². The predicted molar refractivity (Wildman–Crippen MR) is 67.7 cm³/mol. The van der Waals surface area contributed by atoms with Crippen molar-refractivity contribution in [3.05, 3.63) is 22.4 Å². The highest BCUT2D eigenvalue weighted by Gasteiger charge is 2.16. The van der Waals surface area contributed by atoms with E-state index in [0.29, 0.717) is 6.61 Å². The maximum atomic E-state index is 8.78. The van der Waals surface area contributed by atoms with Crippen molar-refractivity contribution < 1.29 is 5.11 Å². The second-order valence-electron chi connectivity index (χ2n) is 4.27. The van der Waals surface area contributed by atoms with Crippen LogP contribution in [0.25, 0.3) is 0 Å². The van der Waals surface area contributed by atoms with E-state index in [0.717, 1.165) is 45.7 Å². The first kappa shape index (κ1) is 12.0. The van der Waals surface area contributed by atoms with Gasteiger partial charge in [0.05, 0.1) is 0 Å². The van der Waals surface area contributed by atoms with Crippen molar-refractivity contribution in [1.82, 2.24) is 9.80 Å². The van der Waals surface area contributed by atoms with Crippen molar-refractivity contribution in [3.63, 3.8) is 0 Å². The summed E-state index contributed by atoms with van der Waals surface area (Å²) in [7, 11) is 0. The molecule has 1 aliphatic rings. The first-order valence-corrected chi connectivity index (χ1v) is 6.84. The summed E-state index contributed by atoms with van der Waals surface area (Å²) >= 11 is 1.84. The van der Waals surface area contributed by atoms with Crippen LogP contribution in [-0.2, 0) is 6.54 Å². The molecule has 1 aromatic rings. The van der Waals surface area contributed by atoms with Gasteiger partial charge in [0, 0.05) is 50.8 Å². The van der Waals surface area contributed by atoms with Gasteiger partial charge in [0.2, 0.25) is 0 Å². The fourth-order valence-electron chi connectivity index (χ4n) is 2.09. The summed E-state index contributed by atoms with van der Waals surface area (Å²) in [5, 5.41) is 10.9. The number of thiophene rings is 1. The monoisotopic (exact) mass is 240 g/mol. The van der Waals surface area contributed by atoms with Crippen LogP contribution in [0.2, 0.25) is 0 Å². The average Bonchev–Trinajstić information content (AvgIpc) is 2.81. The molecule has 0 atom stereocenters. The first-order chi connectivity index (χ1) is 7.88. The summed E-state index contributed by atoms with van der Waals surface area (Å²) < 4.78 is 0. The van der Waals surface area contributed by atoms with E-state index in [1.54, 1.807) is 0 Å². The first-order valence-electron chi connectivity index (χ1n) is 5.96. The molecule has 1 saturated heterocycles. The number of rotatable bonds is 5. The Morgan fingerprint density at radius 2 is 1.94 bits per heavy atom. The lowest BCUT2D eigenvalue weighted by Gasteiger charge is -2.34. The van der Waals surface area contributed by atoms with Gasteiger partial charge < -0.3 is 10.0 Å². The van der Waals surface area contributed by atoms with Gasteiger partial charge in [-0.1, -0.05) is 6.07 Å². The second-order valence-corrected chi connectivity index (χ2v) is 5.31. The van der Waals surface area contributed by atoms with Crippen molar-refractivity contribution in [1.29, 1.82) is 0 Å². The van der Waals surface area contributed by atoms with Gasteiger partial charge in [-0.25, -0.2) is 0 Å². The topological polar surface area (TPSA) is 26.7 Å². The Labute approximate surface area is 101 Å². The lowest BCUT2D eigenvalue weighted by Crippen LogP contribution is -2.46. The summed E-state index contributed by atoms with van der Waals surface area (Å²) in [6.07, 6.45) is 0.908. The van der Waals surface area contributed by atoms with Gasteiger partial charge in [0.15, 0.2) is 0 Å². The largest absolute Gasteiger partial charge is 0.396 e. The van der Waals surface area contributed by atoms with Gasteiger partial charge in [-0.3, -0.25) is 4.90 Å². The molecule has 2 rings (SSSR count). The van der Waals surface area contributed by atoms with Crippen LogP contribution >= 0.6 is 11.3 Å². The second kappa shape index (κ2) is 6.35. The summed E-state index contributed by atoms with van der Waals surface area (Å²) in [4.78, 5) is 6.42. The molecular formula is C12H20N2OS. The average molecular weight is 240 g/mol. The molecule has 0 aliphatic carbocycles. The maximum Gasteiger partial charge on any atom is 0.0443 e. The number of aliphatic hydroxyl groups is 1. The van der Waals surface area contributed by atoms with E-state index in [4.69, 9.17) is 5.11 Å². The van der Waals surface area contributed by atoms with Gasteiger partial charge in [0.1, 0.15) is 0 Å². The third-order valence-electron chi connectivity index (χ3n) is 3.06. The molecule has 1 N–H and O–H groups in total. The van der Waals surface area contributed by atoms with E-state index >= 15 is 0 Å². The van der Waals surface area contributed by atoms with E-state index in [9.17, 15) is 0 Å². The lowest BCUT2D eigenvalue weighted by atomic mass is 10.3. The lowest BCUT2D eigenvalue weighted by molar-refractivity contribution is 0.120. The summed E-state index contributed by atoms with van der Waals surface area (Å²) in [5.74, 6) is 0. The highest BCUT2D eigenvalue weighted by atomic mass is 32.1. The van der Waals surface area contributed by atoms with Crippen LogP contribution in [-0.4, -0.2) is 54.2 Å². The Kier molecular flexibility index (Phi) is 4.78. The molecule has 90 valence electrons. The van der Waals surface area contributed by atoms with Crippen LogP contribution < -0.4 is 0 Å². The molecular weight excluding hydrogens is 220 g/mol. The smallest absolute Gasteiger partial charge is 0.0443 e. The number of hydrogen-bond donors (Lipinski definition) is 1. The highest BCUT2D eigenvalue weighted by Crippen LogP contribution is 2.13. The van der Waals surface area contributed by atoms with E-state index in [2.05, 4.69) is 27.3 Å². The molecule has 0 radical (unpaired) electrons. The van der Waals surface area contributed by atoms with Gasteiger partial charge >= 0.3 is 0 Å². The zero-order valence-electron chi connectivity index (χ0n) is 9.64.